The molecule has 0 aromatic carbocycles. The maximum Gasteiger partial charge on any atom is 0.306 e. The van der Waals surface area contributed by atoms with Crippen LogP contribution in [-0.2, 0) is 28.6 Å². The van der Waals surface area contributed by atoms with E-state index in [1.165, 1.54) is 122 Å². The molecule has 0 bridgehead atoms. The number of unbranched alkanes of at least 4 members (excludes halogenated alkanes) is 29. The van der Waals surface area contributed by atoms with Gasteiger partial charge in [-0.2, -0.15) is 0 Å². The molecule has 0 rings (SSSR count). The van der Waals surface area contributed by atoms with Gasteiger partial charge in [-0.15, -0.1) is 0 Å². The van der Waals surface area contributed by atoms with Crippen molar-refractivity contribution in [3.63, 3.8) is 0 Å². The molecule has 0 heterocycles. The molecule has 0 radical (unpaired) electrons. The second kappa shape index (κ2) is 70.0. The summed E-state index contributed by atoms with van der Waals surface area (Å²) in [5.41, 5.74) is 0. The van der Waals surface area contributed by atoms with Crippen LogP contribution in [0.4, 0.5) is 0 Å². The highest BCUT2D eigenvalue weighted by molar-refractivity contribution is 5.71. The summed E-state index contributed by atoms with van der Waals surface area (Å²) in [7, 11) is 0. The molecule has 0 N–H and O–H groups in total. The van der Waals surface area contributed by atoms with E-state index >= 15 is 0 Å². The number of ether oxygens (including phenoxy) is 3. The molecule has 1 atom stereocenters. The molecule has 0 aliphatic heterocycles. The lowest BCUT2D eigenvalue weighted by atomic mass is 10.0. The third kappa shape index (κ3) is 68.2. The molecule has 0 aliphatic rings. The van der Waals surface area contributed by atoms with E-state index in [1.807, 2.05) is 0 Å². The predicted molar refractivity (Wildman–Crippen MR) is 362 cm³/mol. The average Bonchev–Trinajstić information content (AvgIpc) is 3.50. The number of allylic oxidation sites excluding steroid dienone is 22. The van der Waals surface area contributed by atoms with E-state index in [2.05, 4.69) is 154 Å². The van der Waals surface area contributed by atoms with Crippen LogP contribution in [0.5, 0.6) is 0 Å². The molecule has 0 aliphatic carbocycles. The molecule has 0 fully saturated rings. The Balaban J connectivity index is 4.40. The lowest BCUT2D eigenvalue weighted by molar-refractivity contribution is -0.167. The number of rotatable bonds is 62. The fraction of sp³-hybridized carbons (Fsp3) is 0.675. The summed E-state index contributed by atoms with van der Waals surface area (Å²) >= 11 is 0. The van der Waals surface area contributed by atoms with Gasteiger partial charge in [0.05, 0.1) is 0 Å². The minimum Gasteiger partial charge on any atom is -0.462 e. The first-order valence-corrected chi connectivity index (χ1v) is 34.7. The number of esters is 3. The van der Waals surface area contributed by atoms with Crippen molar-refractivity contribution >= 4 is 17.9 Å². The molecule has 472 valence electrons. The van der Waals surface area contributed by atoms with E-state index in [-0.39, 0.29) is 31.1 Å². The number of carbonyl (C=O) groups is 3. The lowest BCUT2D eigenvalue weighted by Crippen LogP contribution is -2.30. The monoisotopic (exact) mass is 1150 g/mol. The van der Waals surface area contributed by atoms with Crippen LogP contribution in [0.2, 0.25) is 0 Å². The maximum atomic E-state index is 13.0. The van der Waals surface area contributed by atoms with Gasteiger partial charge in [-0.3, -0.25) is 14.4 Å². The molecular formula is C77H128O6. The van der Waals surface area contributed by atoms with E-state index in [0.717, 1.165) is 154 Å². The topological polar surface area (TPSA) is 78.9 Å². The zero-order valence-corrected chi connectivity index (χ0v) is 54.2. The van der Waals surface area contributed by atoms with Crippen molar-refractivity contribution in [3.8, 4) is 0 Å². The summed E-state index contributed by atoms with van der Waals surface area (Å²) in [6.45, 7) is 6.39. The fourth-order valence-corrected chi connectivity index (χ4v) is 9.49. The predicted octanol–water partition coefficient (Wildman–Crippen LogP) is 24.1. The van der Waals surface area contributed by atoms with Crippen molar-refractivity contribution in [3.05, 3.63) is 134 Å². The molecule has 0 aromatic heterocycles. The van der Waals surface area contributed by atoms with Gasteiger partial charge in [-0.1, -0.05) is 296 Å². The van der Waals surface area contributed by atoms with Crippen molar-refractivity contribution in [2.45, 2.75) is 322 Å². The van der Waals surface area contributed by atoms with Crippen molar-refractivity contribution < 1.29 is 28.6 Å². The van der Waals surface area contributed by atoms with E-state index < -0.39 is 6.10 Å². The quantitative estimate of drug-likeness (QED) is 0.0261. The van der Waals surface area contributed by atoms with Gasteiger partial charge in [0.25, 0.3) is 0 Å². The van der Waals surface area contributed by atoms with Crippen LogP contribution in [0, 0.1) is 0 Å². The van der Waals surface area contributed by atoms with Gasteiger partial charge >= 0.3 is 17.9 Å². The molecule has 0 amide bonds. The average molecular weight is 1150 g/mol. The molecular weight excluding hydrogens is 1020 g/mol. The summed E-state index contributed by atoms with van der Waals surface area (Å²) in [4.78, 5) is 38.5. The number of carbonyl (C=O) groups excluding carboxylic acids is 3. The van der Waals surface area contributed by atoms with Crippen LogP contribution in [0.25, 0.3) is 0 Å². The lowest BCUT2D eigenvalue weighted by Gasteiger charge is -2.18. The summed E-state index contributed by atoms with van der Waals surface area (Å²) < 4.78 is 16.9. The molecule has 6 nitrogen and oxygen atoms in total. The highest BCUT2D eigenvalue weighted by atomic mass is 16.6. The number of hydrogen-bond acceptors (Lipinski definition) is 6. The van der Waals surface area contributed by atoms with Crippen LogP contribution in [0.3, 0.4) is 0 Å². The molecule has 1 unspecified atom stereocenters. The molecule has 0 saturated heterocycles. The van der Waals surface area contributed by atoms with E-state index in [9.17, 15) is 14.4 Å². The normalized spacial score (nSPS) is 13.0. The molecule has 0 spiro atoms. The van der Waals surface area contributed by atoms with Crippen LogP contribution in [0.1, 0.15) is 316 Å². The van der Waals surface area contributed by atoms with Gasteiger partial charge in [-0.05, 0) is 135 Å². The summed E-state index contributed by atoms with van der Waals surface area (Å²) in [6, 6.07) is 0. The first-order valence-electron chi connectivity index (χ1n) is 34.7. The highest BCUT2D eigenvalue weighted by Crippen LogP contribution is 2.16. The summed E-state index contributed by atoms with van der Waals surface area (Å²) in [5, 5.41) is 0. The van der Waals surface area contributed by atoms with Crippen molar-refractivity contribution in [1.82, 2.24) is 0 Å². The van der Waals surface area contributed by atoms with E-state index in [1.54, 1.807) is 0 Å². The third-order valence-electron chi connectivity index (χ3n) is 14.6. The Bertz CT molecular complexity index is 1750. The largest absolute Gasteiger partial charge is 0.462 e. The van der Waals surface area contributed by atoms with Crippen LogP contribution < -0.4 is 0 Å². The van der Waals surface area contributed by atoms with Gasteiger partial charge in [0.2, 0.25) is 0 Å². The zero-order valence-electron chi connectivity index (χ0n) is 54.2. The van der Waals surface area contributed by atoms with Crippen LogP contribution >= 0.6 is 0 Å². The summed E-state index contributed by atoms with van der Waals surface area (Å²) in [6.07, 6.45) is 99.0. The standard InChI is InChI=1S/C77H128O6/c1-4-7-10-13-16-19-22-25-28-31-33-35-36-37-38-39-40-42-43-46-49-52-55-58-61-64-67-70-76(79)82-73-74(72-81-75(78)69-66-63-60-57-54-51-48-45-30-27-24-21-18-15-12-9-6-3)83-77(80)71-68-65-62-59-56-53-50-47-44-41-34-32-29-26-23-20-17-14-11-8-5-2/h8-9,11-12,17-18,20-22,25-27,29-31,33-34,41,47-48,50-51,74H,4-7,10,13-16,19,23-24,28,32,35-40,42-46,49,52-73H2,1-3H3/b11-8-,12-9-,20-17-,21-18-,25-22-,29-26-,30-27-,33-31-,41-34-,50-47-,51-48-. The van der Waals surface area contributed by atoms with E-state index in [0.29, 0.717) is 19.3 Å². The first kappa shape index (κ1) is 78.5. The zero-order chi connectivity index (χ0) is 59.9. The molecule has 0 aromatic rings. The number of hydrogen-bond donors (Lipinski definition) is 0. The minimum absolute atomic E-state index is 0.0966. The minimum atomic E-state index is -0.806. The third-order valence-corrected chi connectivity index (χ3v) is 14.6. The first-order chi connectivity index (χ1) is 41.0. The Morgan fingerprint density at radius 1 is 0.253 bits per heavy atom. The van der Waals surface area contributed by atoms with Gasteiger partial charge in [0.15, 0.2) is 6.10 Å². The van der Waals surface area contributed by atoms with Gasteiger partial charge in [0.1, 0.15) is 13.2 Å². The molecule has 83 heavy (non-hydrogen) atoms. The Hall–Kier alpha value is -4.45. The van der Waals surface area contributed by atoms with Gasteiger partial charge < -0.3 is 14.2 Å². The second-order valence-electron chi connectivity index (χ2n) is 22.7. The maximum absolute atomic E-state index is 13.0. The van der Waals surface area contributed by atoms with Crippen molar-refractivity contribution in [2.75, 3.05) is 13.2 Å². The Morgan fingerprint density at radius 3 is 0.735 bits per heavy atom. The Labute approximate surface area is 513 Å². The molecule has 0 saturated carbocycles. The summed E-state index contributed by atoms with van der Waals surface area (Å²) in [5.74, 6) is -0.933. The van der Waals surface area contributed by atoms with Crippen LogP contribution in [-0.4, -0.2) is 37.2 Å². The van der Waals surface area contributed by atoms with Crippen molar-refractivity contribution in [2.24, 2.45) is 0 Å². The Morgan fingerprint density at radius 2 is 0.470 bits per heavy atom. The van der Waals surface area contributed by atoms with E-state index in [4.69, 9.17) is 14.2 Å². The smallest absolute Gasteiger partial charge is 0.306 e. The van der Waals surface area contributed by atoms with Gasteiger partial charge in [-0.25, -0.2) is 0 Å². The van der Waals surface area contributed by atoms with Gasteiger partial charge in [0, 0.05) is 19.3 Å². The van der Waals surface area contributed by atoms with Crippen molar-refractivity contribution in [1.29, 1.82) is 0 Å². The SMILES string of the molecule is CC/C=C\C/C=C\C/C=C\C/C=C\C/C=C\CCCCCCCC(=O)OC(COC(=O)CCCCCC/C=C\C/C=C\C/C=C\C/C=C\CC)COC(=O)CCCCCCCCCCCCCCCCC/C=C\C/C=C\CCCCCCC. The fourth-order valence-electron chi connectivity index (χ4n) is 9.49. The molecule has 6 heteroatoms. The highest BCUT2D eigenvalue weighted by Gasteiger charge is 2.19. The van der Waals surface area contributed by atoms with Crippen LogP contribution in [0.15, 0.2) is 134 Å². The second-order valence-corrected chi connectivity index (χ2v) is 22.7. The Kier molecular flexibility index (Phi) is 66.3.